The van der Waals surface area contributed by atoms with E-state index >= 15 is 0 Å². The Morgan fingerprint density at radius 1 is 1.36 bits per heavy atom. The van der Waals surface area contributed by atoms with Gasteiger partial charge >= 0.3 is 5.69 Å². The van der Waals surface area contributed by atoms with Crippen LogP contribution in [0.5, 0.6) is 0 Å². The van der Waals surface area contributed by atoms with Gasteiger partial charge in [-0.15, -0.1) is 0 Å². The van der Waals surface area contributed by atoms with Crippen LogP contribution in [-0.4, -0.2) is 39.8 Å². The zero-order valence-corrected chi connectivity index (χ0v) is 12.9. The molecule has 0 saturated carbocycles. The van der Waals surface area contributed by atoms with Crippen molar-refractivity contribution in [3.05, 3.63) is 38.7 Å². The van der Waals surface area contributed by atoms with Crippen LogP contribution in [0.25, 0.3) is 11.0 Å². The fourth-order valence-electron chi connectivity index (χ4n) is 2.19. The molecule has 0 saturated heterocycles. The number of rotatable bonds is 4. The Morgan fingerprint density at radius 2 is 2.05 bits per heavy atom. The molecule has 0 aliphatic carbocycles. The lowest BCUT2D eigenvalue weighted by atomic mass is 10.2. The van der Waals surface area contributed by atoms with Gasteiger partial charge in [0.05, 0.1) is 17.6 Å². The van der Waals surface area contributed by atoms with Crippen molar-refractivity contribution in [3.63, 3.8) is 0 Å². The lowest BCUT2D eigenvalue weighted by molar-refractivity contribution is 0.0905. The molecule has 2 aromatic rings. The first-order valence-corrected chi connectivity index (χ1v) is 6.72. The maximum absolute atomic E-state index is 12.2. The zero-order chi connectivity index (χ0) is 16.4. The molecule has 0 unspecified atom stereocenters. The van der Waals surface area contributed by atoms with E-state index in [0.29, 0.717) is 6.61 Å². The van der Waals surface area contributed by atoms with Crippen LogP contribution in [0, 0.1) is 0 Å². The number of fused-ring (bicyclic) bond motifs is 1. The molecule has 2 aromatic heterocycles. The van der Waals surface area contributed by atoms with E-state index in [-0.39, 0.29) is 28.5 Å². The Kier molecular flexibility index (Phi) is 4.41. The molecule has 1 atom stereocenters. The van der Waals surface area contributed by atoms with E-state index in [2.05, 4.69) is 10.3 Å². The number of carbonyl (C=O) groups is 1. The molecule has 22 heavy (non-hydrogen) atoms. The third kappa shape index (κ3) is 2.77. The quantitative estimate of drug-likeness (QED) is 0.813. The second kappa shape index (κ2) is 6.10. The molecule has 0 aliphatic heterocycles. The molecule has 0 aliphatic rings. The predicted molar refractivity (Wildman–Crippen MR) is 81.0 cm³/mol. The zero-order valence-electron chi connectivity index (χ0n) is 12.9. The minimum absolute atomic E-state index is 0.170. The molecule has 2 heterocycles. The lowest BCUT2D eigenvalue weighted by Gasteiger charge is -2.13. The van der Waals surface area contributed by atoms with Gasteiger partial charge in [-0.2, -0.15) is 0 Å². The molecule has 118 valence electrons. The highest BCUT2D eigenvalue weighted by atomic mass is 16.5. The first-order valence-electron chi connectivity index (χ1n) is 6.72. The Labute approximate surface area is 126 Å². The number of aryl methyl sites for hydroxylation is 1. The third-order valence-corrected chi connectivity index (χ3v) is 3.35. The van der Waals surface area contributed by atoms with Crippen molar-refractivity contribution in [2.75, 3.05) is 13.7 Å². The van der Waals surface area contributed by atoms with E-state index in [1.165, 1.54) is 30.9 Å². The Bertz CT molecular complexity index is 837. The molecular weight excluding hydrogens is 288 g/mol. The average Bonchev–Trinajstić information content (AvgIpc) is 2.50. The Morgan fingerprint density at radius 3 is 2.68 bits per heavy atom. The summed E-state index contributed by atoms with van der Waals surface area (Å²) in [6.45, 7) is 2.18. The summed E-state index contributed by atoms with van der Waals surface area (Å²) in [5, 5.41) is 2.96. The van der Waals surface area contributed by atoms with Crippen LogP contribution < -0.4 is 16.6 Å². The molecule has 8 nitrogen and oxygen atoms in total. The van der Waals surface area contributed by atoms with Gasteiger partial charge in [0.25, 0.3) is 11.5 Å². The molecule has 0 radical (unpaired) electrons. The maximum atomic E-state index is 12.2. The van der Waals surface area contributed by atoms with Crippen molar-refractivity contribution < 1.29 is 9.53 Å². The normalized spacial score (nSPS) is 12.4. The van der Waals surface area contributed by atoms with Crippen LogP contribution in [0.4, 0.5) is 0 Å². The lowest BCUT2D eigenvalue weighted by Crippen LogP contribution is -2.38. The van der Waals surface area contributed by atoms with Gasteiger partial charge in [0, 0.05) is 33.4 Å². The molecule has 1 amide bonds. The van der Waals surface area contributed by atoms with Gasteiger partial charge in [0.15, 0.2) is 0 Å². The van der Waals surface area contributed by atoms with Crippen molar-refractivity contribution in [1.82, 2.24) is 19.4 Å². The number of aromatic nitrogens is 3. The van der Waals surface area contributed by atoms with Crippen molar-refractivity contribution in [2.45, 2.75) is 13.0 Å². The van der Waals surface area contributed by atoms with Crippen LogP contribution in [0.1, 0.15) is 17.3 Å². The van der Waals surface area contributed by atoms with Gasteiger partial charge in [0.1, 0.15) is 5.65 Å². The van der Waals surface area contributed by atoms with Crippen LogP contribution in [0.3, 0.4) is 0 Å². The van der Waals surface area contributed by atoms with Crippen LogP contribution in [0.2, 0.25) is 0 Å². The summed E-state index contributed by atoms with van der Waals surface area (Å²) in [6, 6.07) is 1.27. The van der Waals surface area contributed by atoms with Crippen LogP contribution in [-0.2, 0) is 18.8 Å². The number of nitrogens with one attached hydrogen (secondary N) is 1. The highest BCUT2D eigenvalue weighted by Gasteiger charge is 2.14. The summed E-state index contributed by atoms with van der Waals surface area (Å²) >= 11 is 0. The summed E-state index contributed by atoms with van der Waals surface area (Å²) in [7, 11) is 4.46. The summed E-state index contributed by atoms with van der Waals surface area (Å²) in [5.41, 5.74) is -0.443. The number of ether oxygens (including phenoxy) is 1. The summed E-state index contributed by atoms with van der Waals surface area (Å²) in [5.74, 6) is -0.352. The van der Waals surface area contributed by atoms with Crippen molar-refractivity contribution in [1.29, 1.82) is 0 Å². The molecule has 0 aromatic carbocycles. The second-order valence-electron chi connectivity index (χ2n) is 5.13. The monoisotopic (exact) mass is 306 g/mol. The van der Waals surface area contributed by atoms with Gasteiger partial charge < -0.3 is 10.1 Å². The standard InChI is InChI=1S/C14H18N4O4/c1-8(7-22-4)16-12(19)9-5-10-11(15-6-9)17(2)14(21)18(3)13(10)20/h5-6,8H,7H2,1-4H3,(H,16,19)/t8-/m0/s1. The van der Waals surface area contributed by atoms with Crippen LogP contribution in [0.15, 0.2) is 21.9 Å². The van der Waals surface area contributed by atoms with Gasteiger partial charge in [0.2, 0.25) is 0 Å². The number of nitrogens with zero attached hydrogens (tertiary/aromatic N) is 3. The Balaban J connectivity index is 2.49. The molecule has 0 spiro atoms. The van der Waals surface area contributed by atoms with E-state index in [0.717, 1.165) is 4.57 Å². The molecule has 8 heteroatoms. The van der Waals surface area contributed by atoms with E-state index < -0.39 is 11.2 Å². The highest BCUT2D eigenvalue weighted by molar-refractivity contribution is 5.96. The minimum Gasteiger partial charge on any atom is -0.383 e. The van der Waals surface area contributed by atoms with Gasteiger partial charge in [-0.3, -0.25) is 18.7 Å². The number of methoxy groups -OCH3 is 1. The SMILES string of the molecule is COC[C@H](C)NC(=O)c1cnc2c(c1)c(=O)n(C)c(=O)n2C. The van der Waals surface area contributed by atoms with E-state index in [1.54, 1.807) is 14.0 Å². The number of amides is 1. The van der Waals surface area contributed by atoms with E-state index in [4.69, 9.17) is 4.74 Å². The molecule has 0 fully saturated rings. The first kappa shape index (κ1) is 15.9. The summed E-state index contributed by atoms with van der Waals surface area (Å²) < 4.78 is 7.21. The molecule has 1 N–H and O–H groups in total. The molecular formula is C14H18N4O4. The van der Waals surface area contributed by atoms with E-state index in [9.17, 15) is 14.4 Å². The molecule has 0 bridgehead atoms. The number of hydrogen-bond acceptors (Lipinski definition) is 5. The fourth-order valence-corrected chi connectivity index (χ4v) is 2.19. The van der Waals surface area contributed by atoms with Crippen molar-refractivity contribution in [2.24, 2.45) is 14.1 Å². The van der Waals surface area contributed by atoms with Crippen LogP contribution >= 0.6 is 0 Å². The topological polar surface area (TPSA) is 95.2 Å². The van der Waals surface area contributed by atoms with E-state index in [1.807, 2.05) is 0 Å². The Hall–Kier alpha value is -2.48. The average molecular weight is 306 g/mol. The summed E-state index contributed by atoms with van der Waals surface area (Å²) in [6.07, 6.45) is 1.34. The summed E-state index contributed by atoms with van der Waals surface area (Å²) in [4.78, 5) is 40.2. The first-order chi connectivity index (χ1) is 10.4. The fraction of sp³-hybridized carbons (Fsp3) is 0.429. The largest absolute Gasteiger partial charge is 0.383 e. The van der Waals surface area contributed by atoms with Gasteiger partial charge in [-0.25, -0.2) is 9.78 Å². The highest BCUT2D eigenvalue weighted by Crippen LogP contribution is 2.07. The maximum Gasteiger partial charge on any atom is 0.332 e. The number of hydrogen-bond donors (Lipinski definition) is 1. The minimum atomic E-state index is -0.481. The molecule has 2 rings (SSSR count). The van der Waals surface area contributed by atoms with Gasteiger partial charge in [-0.1, -0.05) is 0 Å². The number of carbonyl (C=O) groups excluding carboxylic acids is 1. The van der Waals surface area contributed by atoms with Crippen molar-refractivity contribution in [3.8, 4) is 0 Å². The predicted octanol–water partition coefficient (Wildman–Crippen LogP) is -0.603. The second-order valence-corrected chi connectivity index (χ2v) is 5.13. The smallest absolute Gasteiger partial charge is 0.332 e. The van der Waals surface area contributed by atoms with Crippen molar-refractivity contribution >= 4 is 16.9 Å². The number of pyridine rings is 1. The van der Waals surface area contributed by atoms with Gasteiger partial charge in [-0.05, 0) is 13.0 Å². The third-order valence-electron chi connectivity index (χ3n) is 3.35.